The number of hydrogen-bond donors (Lipinski definition) is 2. The fraction of sp³-hybridized carbons (Fsp3) is 0.278. The second-order valence-corrected chi connectivity index (χ2v) is 8.35. The number of halogens is 3. The zero-order valence-corrected chi connectivity index (χ0v) is 16.1. The van der Waals surface area contributed by atoms with Crippen LogP contribution < -0.4 is 10.0 Å². The van der Waals surface area contributed by atoms with Gasteiger partial charge in [-0.15, -0.1) is 0 Å². The Bertz CT molecular complexity index is 995. The van der Waals surface area contributed by atoms with Crippen LogP contribution in [0.5, 0.6) is 0 Å². The van der Waals surface area contributed by atoms with Crippen molar-refractivity contribution in [2.24, 2.45) is 0 Å². The molecule has 0 spiro atoms. The summed E-state index contributed by atoms with van der Waals surface area (Å²) in [5, 5.41) is 2.20. The summed E-state index contributed by atoms with van der Waals surface area (Å²) in [5.74, 6) is -2.50. The Balaban J connectivity index is 1.78. The first-order chi connectivity index (χ1) is 13.3. The number of rotatable bonds is 6. The third-order valence-corrected chi connectivity index (χ3v) is 6.09. The summed E-state index contributed by atoms with van der Waals surface area (Å²) in [4.78, 5) is 12.1. The molecule has 2 aromatic carbocycles. The molecule has 2 aromatic rings. The molecule has 6 nitrogen and oxygen atoms in total. The van der Waals surface area contributed by atoms with Crippen LogP contribution >= 0.6 is 11.6 Å². The third-order valence-electron chi connectivity index (χ3n) is 4.19. The van der Waals surface area contributed by atoms with E-state index in [0.29, 0.717) is 12.7 Å². The molecule has 1 saturated heterocycles. The summed E-state index contributed by atoms with van der Waals surface area (Å²) < 4.78 is 59.6. The summed E-state index contributed by atoms with van der Waals surface area (Å²) in [6, 6.07) is 6.35. The topological polar surface area (TPSA) is 84.5 Å². The maximum Gasteiger partial charge on any atom is 0.255 e. The van der Waals surface area contributed by atoms with Crippen LogP contribution in [0, 0.1) is 11.6 Å². The standard InChI is InChI=1S/C18H17ClF2N2O4S/c19-14-5-3-11(18(24)23-16-6-4-12(20)9-15(16)21)8-17(14)28(25,26)22-10-13-2-1-7-27-13/h3-6,8-9,13,22H,1-2,7,10H2,(H,23,24)/t13-/m1/s1. The van der Waals surface area contributed by atoms with Gasteiger partial charge in [0.2, 0.25) is 10.0 Å². The van der Waals surface area contributed by atoms with Gasteiger partial charge in [0, 0.05) is 24.8 Å². The Morgan fingerprint density at radius 3 is 2.68 bits per heavy atom. The maximum absolute atomic E-state index is 13.7. The summed E-state index contributed by atoms with van der Waals surface area (Å²) >= 11 is 6.00. The molecule has 1 aliphatic rings. The summed E-state index contributed by atoms with van der Waals surface area (Å²) in [5.41, 5.74) is -0.284. The van der Waals surface area contributed by atoms with Gasteiger partial charge in [0.05, 0.1) is 16.8 Å². The van der Waals surface area contributed by atoms with Crippen molar-refractivity contribution in [3.8, 4) is 0 Å². The van der Waals surface area contributed by atoms with Gasteiger partial charge in [-0.25, -0.2) is 21.9 Å². The predicted molar refractivity (Wildman–Crippen MR) is 99.9 cm³/mol. The van der Waals surface area contributed by atoms with Gasteiger partial charge < -0.3 is 10.1 Å². The fourth-order valence-electron chi connectivity index (χ4n) is 2.72. The molecule has 150 valence electrons. The predicted octanol–water partition coefficient (Wildman–Crippen LogP) is 3.33. The largest absolute Gasteiger partial charge is 0.377 e. The van der Waals surface area contributed by atoms with Gasteiger partial charge in [-0.3, -0.25) is 4.79 Å². The summed E-state index contributed by atoms with van der Waals surface area (Å²) in [6.07, 6.45) is 1.41. The minimum atomic E-state index is -3.99. The normalized spacial score (nSPS) is 16.9. The Morgan fingerprint density at radius 2 is 2.00 bits per heavy atom. The lowest BCUT2D eigenvalue weighted by Crippen LogP contribution is -2.32. The maximum atomic E-state index is 13.7. The summed E-state index contributed by atoms with van der Waals surface area (Å²) in [6.45, 7) is 0.679. The lowest BCUT2D eigenvalue weighted by molar-refractivity contribution is 0.102. The Kier molecular flexibility index (Phi) is 6.29. The highest BCUT2D eigenvalue weighted by Crippen LogP contribution is 2.24. The van der Waals surface area contributed by atoms with E-state index in [1.807, 2.05) is 0 Å². The highest BCUT2D eigenvalue weighted by atomic mass is 35.5. The number of nitrogens with one attached hydrogen (secondary N) is 2. The van der Waals surface area contributed by atoms with E-state index >= 15 is 0 Å². The van der Waals surface area contributed by atoms with E-state index in [0.717, 1.165) is 31.0 Å². The van der Waals surface area contributed by atoms with Gasteiger partial charge in [0.1, 0.15) is 16.5 Å². The van der Waals surface area contributed by atoms with Crippen LogP contribution in [0.3, 0.4) is 0 Å². The molecule has 3 rings (SSSR count). The zero-order valence-electron chi connectivity index (χ0n) is 14.5. The molecule has 0 unspecified atom stereocenters. The van der Waals surface area contributed by atoms with Crippen molar-refractivity contribution in [3.05, 3.63) is 58.6 Å². The van der Waals surface area contributed by atoms with Gasteiger partial charge in [0.25, 0.3) is 5.91 Å². The van der Waals surface area contributed by atoms with Crippen LogP contribution in [0.25, 0.3) is 0 Å². The molecule has 1 atom stereocenters. The lowest BCUT2D eigenvalue weighted by atomic mass is 10.2. The highest BCUT2D eigenvalue weighted by Gasteiger charge is 2.23. The molecule has 0 radical (unpaired) electrons. The first-order valence-corrected chi connectivity index (χ1v) is 10.3. The van der Waals surface area contributed by atoms with Crippen LogP contribution in [-0.4, -0.2) is 33.6 Å². The fourth-order valence-corrected chi connectivity index (χ4v) is 4.31. The molecule has 1 amide bonds. The van der Waals surface area contributed by atoms with Gasteiger partial charge >= 0.3 is 0 Å². The molecule has 28 heavy (non-hydrogen) atoms. The number of hydrogen-bond acceptors (Lipinski definition) is 4. The number of carbonyl (C=O) groups excluding carboxylic acids is 1. The Labute approximate surface area is 165 Å². The van der Waals surface area contributed by atoms with Crippen molar-refractivity contribution in [1.29, 1.82) is 0 Å². The van der Waals surface area contributed by atoms with Crippen molar-refractivity contribution in [1.82, 2.24) is 4.72 Å². The SMILES string of the molecule is O=C(Nc1ccc(F)cc1F)c1ccc(Cl)c(S(=O)(=O)NC[C@H]2CCCO2)c1. The number of ether oxygens (including phenoxy) is 1. The molecular formula is C18H17ClF2N2O4S. The van der Waals surface area contributed by atoms with Crippen molar-refractivity contribution in [2.45, 2.75) is 23.8 Å². The minimum absolute atomic E-state index is 0.0504. The molecule has 1 aliphatic heterocycles. The molecule has 0 aliphatic carbocycles. The van der Waals surface area contributed by atoms with Crippen molar-refractivity contribution in [3.63, 3.8) is 0 Å². The second-order valence-electron chi connectivity index (χ2n) is 6.21. The molecule has 2 N–H and O–H groups in total. The monoisotopic (exact) mass is 430 g/mol. The van der Waals surface area contributed by atoms with Gasteiger partial charge in [-0.2, -0.15) is 0 Å². The quantitative estimate of drug-likeness (QED) is 0.736. The smallest absolute Gasteiger partial charge is 0.255 e. The Hall–Kier alpha value is -2.07. The van der Waals surface area contributed by atoms with E-state index in [4.69, 9.17) is 16.3 Å². The van der Waals surface area contributed by atoms with Crippen molar-refractivity contribution < 1.29 is 26.7 Å². The molecule has 0 saturated carbocycles. The first kappa shape index (κ1) is 20.7. The van der Waals surface area contributed by atoms with Gasteiger partial charge in [-0.05, 0) is 43.2 Å². The molecule has 1 heterocycles. The first-order valence-electron chi connectivity index (χ1n) is 8.43. The van der Waals surface area contributed by atoms with E-state index in [2.05, 4.69) is 10.0 Å². The van der Waals surface area contributed by atoms with Gasteiger partial charge in [-0.1, -0.05) is 11.6 Å². The van der Waals surface area contributed by atoms with Crippen molar-refractivity contribution in [2.75, 3.05) is 18.5 Å². The highest BCUT2D eigenvalue weighted by molar-refractivity contribution is 7.89. The van der Waals surface area contributed by atoms with Gasteiger partial charge in [0.15, 0.2) is 0 Å². The van der Waals surface area contributed by atoms with E-state index in [-0.39, 0.29) is 33.8 Å². The third kappa shape index (κ3) is 4.85. The second kappa shape index (κ2) is 8.52. The lowest BCUT2D eigenvalue weighted by Gasteiger charge is -2.13. The molecule has 1 fully saturated rings. The van der Waals surface area contributed by atoms with E-state index in [1.54, 1.807) is 0 Å². The number of carbonyl (C=O) groups is 1. The average molecular weight is 431 g/mol. The van der Waals surface area contributed by atoms with Crippen LogP contribution in [-0.2, 0) is 14.8 Å². The van der Waals surface area contributed by atoms with Crippen LogP contribution in [0.15, 0.2) is 41.3 Å². The summed E-state index contributed by atoms with van der Waals surface area (Å²) in [7, 11) is -3.99. The van der Waals surface area contributed by atoms with E-state index < -0.39 is 27.6 Å². The number of benzene rings is 2. The van der Waals surface area contributed by atoms with Crippen LogP contribution in [0.2, 0.25) is 5.02 Å². The Morgan fingerprint density at radius 1 is 1.21 bits per heavy atom. The molecule has 0 bridgehead atoms. The molecular weight excluding hydrogens is 414 g/mol. The zero-order chi connectivity index (χ0) is 20.3. The van der Waals surface area contributed by atoms with E-state index in [1.165, 1.54) is 12.1 Å². The van der Waals surface area contributed by atoms with E-state index in [9.17, 15) is 22.0 Å². The molecule has 10 heteroatoms. The van der Waals surface area contributed by atoms with Crippen LogP contribution in [0.1, 0.15) is 23.2 Å². The number of sulfonamides is 1. The van der Waals surface area contributed by atoms with Crippen LogP contribution in [0.4, 0.5) is 14.5 Å². The van der Waals surface area contributed by atoms with Crippen molar-refractivity contribution >= 4 is 33.2 Å². The number of amides is 1. The molecule has 0 aromatic heterocycles. The average Bonchev–Trinajstić information content (AvgIpc) is 3.16. The minimum Gasteiger partial charge on any atom is -0.377 e. The number of anilines is 1.